The van der Waals surface area contributed by atoms with Crippen molar-refractivity contribution in [2.45, 2.75) is 12.2 Å². The second-order valence-electron chi connectivity index (χ2n) is 2.99. The third-order valence-electron chi connectivity index (χ3n) is 1.73. The fraction of sp³-hybridized carbons (Fsp3) is 1.00. The van der Waals surface area contributed by atoms with Gasteiger partial charge in [0.15, 0.2) is 0 Å². The summed E-state index contributed by atoms with van der Waals surface area (Å²) in [6.07, 6.45) is -1.74. The SMILES string of the molecule is OCCNC[C@@H](O)[C@H](O)CNCCO. The molecular formula is C8H20N2O4. The number of nitrogens with one attached hydrogen (secondary N) is 2. The summed E-state index contributed by atoms with van der Waals surface area (Å²) in [6.45, 7) is 1.28. The van der Waals surface area contributed by atoms with Crippen molar-refractivity contribution in [3.05, 3.63) is 0 Å². The lowest BCUT2D eigenvalue weighted by atomic mass is 10.2. The fourth-order valence-electron chi connectivity index (χ4n) is 0.930. The molecule has 0 aromatic rings. The van der Waals surface area contributed by atoms with Gasteiger partial charge >= 0.3 is 0 Å². The van der Waals surface area contributed by atoms with Gasteiger partial charge in [-0.05, 0) is 0 Å². The summed E-state index contributed by atoms with van der Waals surface area (Å²) >= 11 is 0. The monoisotopic (exact) mass is 208 g/mol. The quantitative estimate of drug-likeness (QED) is 0.224. The van der Waals surface area contributed by atoms with E-state index in [9.17, 15) is 10.2 Å². The van der Waals surface area contributed by atoms with E-state index in [-0.39, 0.29) is 26.3 Å². The molecular weight excluding hydrogens is 188 g/mol. The molecule has 0 rings (SSSR count). The van der Waals surface area contributed by atoms with Crippen LogP contribution in [0.15, 0.2) is 0 Å². The van der Waals surface area contributed by atoms with E-state index in [0.29, 0.717) is 13.1 Å². The van der Waals surface area contributed by atoms with Gasteiger partial charge in [-0.1, -0.05) is 0 Å². The molecule has 0 aliphatic carbocycles. The third kappa shape index (κ3) is 7.19. The highest BCUT2D eigenvalue weighted by Crippen LogP contribution is 1.90. The maximum atomic E-state index is 9.35. The van der Waals surface area contributed by atoms with Gasteiger partial charge in [-0.25, -0.2) is 0 Å². The molecule has 0 aromatic heterocycles. The number of hydrogen-bond acceptors (Lipinski definition) is 6. The Morgan fingerprint density at radius 2 is 1.14 bits per heavy atom. The van der Waals surface area contributed by atoms with Crippen LogP contribution in [0, 0.1) is 0 Å². The second-order valence-corrected chi connectivity index (χ2v) is 2.99. The van der Waals surface area contributed by atoms with Crippen molar-refractivity contribution in [1.82, 2.24) is 10.6 Å². The van der Waals surface area contributed by atoms with Gasteiger partial charge in [0.25, 0.3) is 0 Å². The zero-order chi connectivity index (χ0) is 10.8. The lowest BCUT2D eigenvalue weighted by molar-refractivity contribution is 0.0200. The summed E-state index contributed by atoms with van der Waals surface area (Å²) < 4.78 is 0. The molecule has 2 atom stereocenters. The lowest BCUT2D eigenvalue weighted by Crippen LogP contribution is -2.43. The van der Waals surface area contributed by atoms with Gasteiger partial charge < -0.3 is 31.1 Å². The standard InChI is InChI=1S/C8H20N2O4/c11-3-1-9-5-7(13)8(14)6-10-2-4-12/h7-14H,1-6H2/t7-,8-/m1/s1. The number of aliphatic hydroxyl groups is 4. The second kappa shape index (κ2) is 9.32. The van der Waals surface area contributed by atoms with Gasteiger partial charge in [0.05, 0.1) is 25.4 Å². The van der Waals surface area contributed by atoms with Crippen molar-refractivity contribution >= 4 is 0 Å². The molecule has 6 N–H and O–H groups in total. The minimum Gasteiger partial charge on any atom is -0.395 e. The molecule has 0 aliphatic heterocycles. The number of aliphatic hydroxyl groups excluding tert-OH is 4. The summed E-state index contributed by atoms with van der Waals surface area (Å²) in [6, 6.07) is 0. The third-order valence-corrected chi connectivity index (χ3v) is 1.73. The molecule has 0 heterocycles. The first-order chi connectivity index (χ1) is 6.72. The Balaban J connectivity index is 3.39. The van der Waals surface area contributed by atoms with Crippen molar-refractivity contribution in [3.63, 3.8) is 0 Å². The van der Waals surface area contributed by atoms with Crippen LogP contribution >= 0.6 is 0 Å². The Labute approximate surface area is 83.6 Å². The number of rotatable bonds is 9. The first-order valence-corrected chi connectivity index (χ1v) is 4.71. The Kier molecular flexibility index (Phi) is 9.16. The Morgan fingerprint density at radius 1 is 0.786 bits per heavy atom. The maximum absolute atomic E-state index is 9.35. The van der Waals surface area contributed by atoms with Gasteiger partial charge in [-0.2, -0.15) is 0 Å². The van der Waals surface area contributed by atoms with E-state index < -0.39 is 12.2 Å². The van der Waals surface area contributed by atoms with Crippen LogP contribution in [-0.4, -0.2) is 72.0 Å². The van der Waals surface area contributed by atoms with Crippen LogP contribution in [0.4, 0.5) is 0 Å². The van der Waals surface area contributed by atoms with Gasteiger partial charge in [0.2, 0.25) is 0 Å². The van der Waals surface area contributed by atoms with E-state index in [1.807, 2.05) is 0 Å². The van der Waals surface area contributed by atoms with Gasteiger partial charge in [-0.15, -0.1) is 0 Å². The molecule has 0 amide bonds. The van der Waals surface area contributed by atoms with Crippen LogP contribution in [-0.2, 0) is 0 Å². The van der Waals surface area contributed by atoms with Crippen molar-refractivity contribution in [2.75, 3.05) is 39.4 Å². The highest BCUT2D eigenvalue weighted by molar-refractivity contribution is 4.71. The smallest absolute Gasteiger partial charge is 0.0935 e. The van der Waals surface area contributed by atoms with E-state index in [1.165, 1.54) is 0 Å². The van der Waals surface area contributed by atoms with Crippen LogP contribution in [0.25, 0.3) is 0 Å². The lowest BCUT2D eigenvalue weighted by Gasteiger charge is -2.18. The normalized spacial score (nSPS) is 15.4. The summed E-state index contributed by atoms with van der Waals surface area (Å²) in [5.74, 6) is 0. The van der Waals surface area contributed by atoms with Gasteiger partial charge in [0.1, 0.15) is 0 Å². The van der Waals surface area contributed by atoms with Gasteiger partial charge in [0, 0.05) is 26.2 Å². The predicted molar refractivity (Wildman–Crippen MR) is 51.9 cm³/mol. The first-order valence-electron chi connectivity index (χ1n) is 4.71. The van der Waals surface area contributed by atoms with Gasteiger partial charge in [-0.3, -0.25) is 0 Å². The van der Waals surface area contributed by atoms with Crippen molar-refractivity contribution in [3.8, 4) is 0 Å². The predicted octanol–water partition coefficient (Wildman–Crippen LogP) is -3.13. The van der Waals surface area contributed by atoms with E-state index in [0.717, 1.165) is 0 Å². The molecule has 0 saturated carbocycles. The summed E-state index contributed by atoms with van der Waals surface area (Å²) in [5, 5.41) is 41.1. The van der Waals surface area contributed by atoms with E-state index in [4.69, 9.17) is 10.2 Å². The van der Waals surface area contributed by atoms with Crippen molar-refractivity contribution in [2.24, 2.45) is 0 Å². The van der Waals surface area contributed by atoms with E-state index in [1.54, 1.807) is 0 Å². The molecule has 6 heteroatoms. The molecule has 0 bridgehead atoms. The molecule has 86 valence electrons. The molecule has 0 aromatic carbocycles. The summed E-state index contributed by atoms with van der Waals surface area (Å²) in [4.78, 5) is 0. The van der Waals surface area contributed by atoms with Crippen molar-refractivity contribution in [1.29, 1.82) is 0 Å². The molecule has 0 unspecified atom stereocenters. The van der Waals surface area contributed by atoms with Crippen LogP contribution in [0.5, 0.6) is 0 Å². The average molecular weight is 208 g/mol. The Morgan fingerprint density at radius 3 is 1.43 bits per heavy atom. The van der Waals surface area contributed by atoms with Crippen LogP contribution < -0.4 is 10.6 Å². The average Bonchev–Trinajstić information content (AvgIpc) is 2.18. The maximum Gasteiger partial charge on any atom is 0.0935 e. The van der Waals surface area contributed by atoms with E-state index >= 15 is 0 Å². The van der Waals surface area contributed by atoms with E-state index in [2.05, 4.69) is 10.6 Å². The summed E-state index contributed by atoms with van der Waals surface area (Å²) in [7, 11) is 0. The minimum absolute atomic E-state index is 0.00553. The molecule has 14 heavy (non-hydrogen) atoms. The highest BCUT2D eigenvalue weighted by atomic mass is 16.3. The van der Waals surface area contributed by atoms with Crippen LogP contribution in [0.2, 0.25) is 0 Å². The molecule has 0 spiro atoms. The molecule has 0 saturated heterocycles. The Hall–Kier alpha value is -0.240. The molecule has 6 nitrogen and oxygen atoms in total. The zero-order valence-corrected chi connectivity index (χ0v) is 8.19. The molecule has 0 radical (unpaired) electrons. The zero-order valence-electron chi connectivity index (χ0n) is 8.19. The van der Waals surface area contributed by atoms with Crippen LogP contribution in [0.1, 0.15) is 0 Å². The molecule has 0 fully saturated rings. The topological polar surface area (TPSA) is 105 Å². The summed E-state index contributed by atoms with van der Waals surface area (Å²) in [5.41, 5.74) is 0. The largest absolute Gasteiger partial charge is 0.395 e. The van der Waals surface area contributed by atoms with Crippen molar-refractivity contribution < 1.29 is 20.4 Å². The molecule has 0 aliphatic rings. The van der Waals surface area contributed by atoms with Crippen LogP contribution in [0.3, 0.4) is 0 Å². The number of hydrogen-bond donors (Lipinski definition) is 6. The minimum atomic E-state index is -0.868. The Bertz CT molecular complexity index is 112. The first kappa shape index (κ1) is 13.8. The fourth-order valence-corrected chi connectivity index (χ4v) is 0.930. The highest BCUT2D eigenvalue weighted by Gasteiger charge is 2.14.